The van der Waals surface area contributed by atoms with Gasteiger partial charge in [-0.3, -0.25) is 0 Å². The summed E-state index contributed by atoms with van der Waals surface area (Å²) in [6.07, 6.45) is 4.17. The molecule has 0 saturated carbocycles. The van der Waals surface area contributed by atoms with Crippen molar-refractivity contribution in [3.63, 3.8) is 0 Å². The smallest absolute Gasteiger partial charge is 0.123 e. The van der Waals surface area contributed by atoms with Crippen molar-refractivity contribution < 1.29 is 9.13 Å². The second-order valence-corrected chi connectivity index (χ2v) is 6.12. The fourth-order valence-corrected chi connectivity index (χ4v) is 2.90. The highest BCUT2D eigenvalue weighted by Gasteiger charge is 2.31. The quantitative estimate of drug-likeness (QED) is 0.889. The van der Waals surface area contributed by atoms with Crippen LogP contribution >= 0.6 is 0 Å². The van der Waals surface area contributed by atoms with Crippen molar-refractivity contribution >= 4 is 0 Å². The number of hydrogen-bond acceptors (Lipinski definition) is 2. The van der Waals surface area contributed by atoms with Crippen LogP contribution in [0.3, 0.4) is 0 Å². The Hall–Kier alpha value is -0.930. The zero-order valence-electron chi connectivity index (χ0n) is 12.8. The first-order chi connectivity index (χ1) is 9.52. The first-order valence-corrected chi connectivity index (χ1v) is 7.65. The molecule has 3 heteroatoms. The van der Waals surface area contributed by atoms with Crippen LogP contribution < -0.4 is 5.32 Å². The number of rotatable bonds is 5. The van der Waals surface area contributed by atoms with Crippen LogP contribution in [0.2, 0.25) is 0 Å². The molecule has 1 saturated heterocycles. The average molecular weight is 279 g/mol. The molecule has 112 valence electrons. The fourth-order valence-electron chi connectivity index (χ4n) is 2.90. The number of benzene rings is 1. The third kappa shape index (κ3) is 4.03. The topological polar surface area (TPSA) is 21.3 Å². The molecule has 1 aromatic carbocycles. The number of aryl methyl sites for hydroxylation is 1. The Morgan fingerprint density at radius 1 is 1.45 bits per heavy atom. The predicted molar refractivity (Wildman–Crippen MR) is 80.5 cm³/mol. The van der Waals surface area contributed by atoms with Crippen molar-refractivity contribution in [1.29, 1.82) is 0 Å². The molecule has 1 aromatic rings. The van der Waals surface area contributed by atoms with E-state index in [1.165, 1.54) is 5.56 Å². The van der Waals surface area contributed by atoms with Crippen molar-refractivity contribution in [1.82, 2.24) is 5.32 Å². The molecule has 1 aliphatic rings. The second-order valence-electron chi connectivity index (χ2n) is 6.12. The van der Waals surface area contributed by atoms with Crippen molar-refractivity contribution in [2.75, 3.05) is 13.2 Å². The van der Waals surface area contributed by atoms with Crippen LogP contribution in [0.1, 0.15) is 44.2 Å². The van der Waals surface area contributed by atoms with Crippen LogP contribution in [0.4, 0.5) is 4.39 Å². The van der Waals surface area contributed by atoms with Gasteiger partial charge in [0.05, 0.1) is 5.60 Å². The van der Waals surface area contributed by atoms with Crippen LogP contribution in [-0.2, 0) is 11.2 Å². The van der Waals surface area contributed by atoms with E-state index in [9.17, 15) is 4.39 Å². The summed E-state index contributed by atoms with van der Waals surface area (Å²) in [5.74, 6) is -0.151. The summed E-state index contributed by atoms with van der Waals surface area (Å²) in [6.45, 7) is 8.14. The first-order valence-electron chi connectivity index (χ1n) is 7.65. The third-order valence-electron chi connectivity index (χ3n) is 4.47. The lowest BCUT2D eigenvalue weighted by molar-refractivity contribution is -0.0778. The van der Waals surface area contributed by atoms with Gasteiger partial charge in [-0.2, -0.15) is 0 Å². The normalized spacial score (nSPS) is 26.7. The van der Waals surface area contributed by atoms with Crippen LogP contribution in [0, 0.1) is 12.7 Å². The van der Waals surface area contributed by atoms with Crippen molar-refractivity contribution in [2.45, 2.75) is 58.1 Å². The van der Waals surface area contributed by atoms with E-state index < -0.39 is 0 Å². The Kier molecular flexibility index (Phi) is 5.17. The molecule has 1 N–H and O–H groups in total. The average Bonchev–Trinajstić information content (AvgIpc) is 2.41. The molecule has 2 rings (SSSR count). The highest BCUT2D eigenvalue weighted by molar-refractivity contribution is 5.26. The monoisotopic (exact) mass is 279 g/mol. The Morgan fingerprint density at radius 2 is 2.25 bits per heavy atom. The van der Waals surface area contributed by atoms with E-state index in [1.54, 1.807) is 12.1 Å². The molecule has 1 aliphatic heterocycles. The van der Waals surface area contributed by atoms with Gasteiger partial charge in [-0.15, -0.1) is 0 Å². The molecular weight excluding hydrogens is 253 g/mol. The maximum Gasteiger partial charge on any atom is 0.123 e. The molecule has 0 aromatic heterocycles. The van der Waals surface area contributed by atoms with Gasteiger partial charge in [0, 0.05) is 12.6 Å². The van der Waals surface area contributed by atoms with Crippen LogP contribution in [0.15, 0.2) is 18.2 Å². The van der Waals surface area contributed by atoms with E-state index >= 15 is 0 Å². The van der Waals surface area contributed by atoms with Crippen molar-refractivity contribution in [2.24, 2.45) is 0 Å². The lowest BCUT2D eigenvalue weighted by Crippen LogP contribution is -2.45. The summed E-state index contributed by atoms with van der Waals surface area (Å²) in [7, 11) is 0. The van der Waals surface area contributed by atoms with Gasteiger partial charge in [0.2, 0.25) is 0 Å². The van der Waals surface area contributed by atoms with E-state index in [-0.39, 0.29) is 11.4 Å². The largest absolute Gasteiger partial charge is 0.375 e. The van der Waals surface area contributed by atoms with Gasteiger partial charge < -0.3 is 10.1 Å². The van der Waals surface area contributed by atoms with Crippen molar-refractivity contribution in [3.05, 3.63) is 35.1 Å². The van der Waals surface area contributed by atoms with E-state index in [2.05, 4.69) is 19.2 Å². The van der Waals surface area contributed by atoms with Crippen LogP contribution in [-0.4, -0.2) is 24.8 Å². The SMILES string of the molecule is CCC1(C)CC(NCCc2ccc(F)cc2C)CCO1. The van der Waals surface area contributed by atoms with Gasteiger partial charge in [0.15, 0.2) is 0 Å². The summed E-state index contributed by atoms with van der Waals surface area (Å²) < 4.78 is 18.9. The van der Waals surface area contributed by atoms with Gasteiger partial charge >= 0.3 is 0 Å². The zero-order valence-corrected chi connectivity index (χ0v) is 12.8. The molecule has 20 heavy (non-hydrogen) atoms. The molecular formula is C17H26FNO. The molecule has 2 nitrogen and oxygen atoms in total. The molecule has 0 radical (unpaired) electrons. The zero-order chi connectivity index (χ0) is 14.6. The lowest BCUT2D eigenvalue weighted by Gasteiger charge is -2.38. The number of ether oxygens (including phenoxy) is 1. The number of halogens is 1. The minimum absolute atomic E-state index is 0.0295. The summed E-state index contributed by atoms with van der Waals surface area (Å²) in [4.78, 5) is 0. The van der Waals surface area contributed by atoms with Gasteiger partial charge in [-0.25, -0.2) is 4.39 Å². The van der Waals surface area contributed by atoms with Gasteiger partial charge in [-0.1, -0.05) is 13.0 Å². The van der Waals surface area contributed by atoms with E-state index in [1.807, 2.05) is 13.0 Å². The Labute approximate surface area is 121 Å². The number of hydrogen-bond donors (Lipinski definition) is 1. The van der Waals surface area contributed by atoms with Crippen molar-refractivity contribution in [3.8, 4) is 0 Å². The molecule has 2 unspecified atom stereocenters. The lowest BCUT2D eigenvalue weighted by atomic mass is 9.90. The molecule has 2 atom stereocenters. The molecule has 0 spiro atoms. The van der Waals surface area contributed by atoms with Gasteiger partial charge in [0.25, 0.3) is 0 Å². The molecule has 0 bridgehead atoms. The Morgan fingerprint density at radius 3 is 2.95 bits per heavy atom. The Bertz CT molecular complexity index is 449. The summed E-state index contributed by atoms with van der Waals surface area (Å²) in [5, 5.41) is 3.63. The molecule has 0 aliphatic carbocycles. The van der Waals surface area contributed by atoms with Gasteiger partial charge in [-0.05, 0) is 69.3 Å². The van der Waals surface area contributed by atoms with E-state index in [0.717, 1.165) is 44.4 Å². The standard InChI is InChI=1S/C17H26FNO/c1-4-17(3)12-16(8-10-20-17)19-9-7-14-5-6-15(18)11-13(14)2/h5-6,11,16,19H,4,7-10,12H2,1-3H3. The predicted octanol–water partition coefficient (Wildman–Crippen LogP) is 3.61. The minimum atomic E-state index is -0.151. The fraction of sp³-hybridized carbons (Fsp3) is 0.647. The van der Waals surface area contributed by atoms with E-state index in [4.69, 9.17) is 4.74 Å². The van der Waals surface area contributed by atoms with Crippen LogP contribution in [0.25, 0.3) is 0 Å². The highest BCUT2D eigenvalue weighted by atomic mass is 19.1. The molecule has 0 amide bonds. The highest BCUT2D eigenvalue weighted by Crippen LogP contribution is 2.27. The Balaban J connectivity index is 1.81. The minimum Gasteiger partial charge on any atom is -0.375 e. The maximum absolute atomic E-state index is 13.1. The molecule has 1 heterocycles. The summed E-state index contributed by atoms with van der Waals surface area (Å²) >= 11 is 0. The van der Waals surface area contributed by atoms with Crippen LogP contribution in [0.5, 0.6) is 0 Å². The first kappa shape index (κ1) is 15.5. The third-order valence-corrected chi connectivity index (χ3v) is 4.47. The second kappa shape index (κ2) is 6.68. The summed E-state index contributed by atoms with van der Waals surface area (Å²) in [6, 6.07) is 5.59. The number of nitrogens with one attached hydrogen (secondary N) is 1. The summed E-state index contributed by atoms with van der Waals surface area (Å²) in [5.41, 5.74) is 2.29. The van der Waals surface area contributed by atoms with E-state index in [0.29, 0.717) is 6.04 Å². The van der Waals surface area contributed by atoms with Gasteiger partial charge in [0.1, 0.15) is 5.82 Å². The molecule has 1 fully saturated rings. The maximum atomic E-state index is 13.1.